The molecule has 1 aliphatic heterocycles. The summed E-state index contributed by atoms with van der Waals surface area (Å²) < 4.78 is 0. The molecule has 1 saturated heterocycles. The van der Waals surface area contributed by atoms with Crippen LogP contribution in [0.15, 0.2) is 24.3 Å². The smallest absolute Gasteiger partial charge is 0.0391 e. The number of fused-ring (bicyclic) bond motifs is 3. The lowest BCUT2D eigenvalue weighted by atomic mass is 9.94. The van der Waals surface area contributed by atoms with Crippen molar-refractivity contribution in [3.63, 3.8) is 0 Å². The third-order valence-corrected chi connectivity index (χ3v) is 3.94. The second-order valence-corrected chi connectivity index (χ2v) is 4.97. The second kappa shape index (κ2) is 3.32. The van der Waals surface area contributed by atoms with Crippen molar-refractivity contribution in [2.24, 2.45) is 5.92 Å². The number of hydrogen-bond donors (Lipinski definition) is 1. The first kappa shape index (κ1) is 9.37. The molecule has 1 heterocycles. The summed E-state index contributed by atoms with van der Waals surface area (Å²) in [6, 6.07) is 9.57. The topological polar surface area (TPSA) is 15.3 Å². The summed E-state index contributed by atoms with van der Waals surface area (Å²) in [5.41, 5.74) is 3.13. The molecule has 0 amide bonds. The maximum Gasteiger partial charge on any atom is 0.0391 e. The lowest BCUT2D eigenvalue weighted by Gasteiger charge is -2.26. The monoisotopic (exact) mass is 202 g/mol. The van der Waals surface area contributed by atoms with Gasteiger partial charge < -0.3 is 10.2 Å². The maximum atomic E-state index is 3.52. The molecule has 15 heavy (non-hydrogen) atoms. The molecule has 1 fully saturated rings. The van der Waals surface area contributed by atoms with Gasteiger partial charge in [0.25, 0.3) is 0 Å². The summed E-state index contributed by atoms with van der Waals surface area (Å²) in [6.45, 7) is 2.33. The number of nitrogens with zero attached hydrogens (tertiary/aromatic N) is 1. The van der Waals surface area contributed by atoms with E-state index in [0.717, 1.165) is 18.4 Å². The summed E-state index contributed by atoms with van der Waals surface area (Å²) in [6.07, 6.45) is 0. The Labute approximate surface area is 91.3 Å². The molecule has 0 unspecified atom stereocenters. The first-order valence-corrected chi connectivity index (χ1v) is 5.75. The Morgan fingerprint density at radius 1 is 1.13 bits per heavy atom. The van der Waals surface area contributed by atoms with Gasteiger partial charge in [-0.15, -0.1) is 0 Å². The largest absolute Gasteiger partial charge is 0.316 e. The van der Waals surface area contributed by atoms with Crippen LogP contribution in [-0.4, -0.2) is 32.1 Å². The van der Waals surface area contributed by atoms with Gasteiger partial charge in [-0.1, -0.05) is 24.3 Å². The number of nitrogens with one attached hydrogen (secondary N) is 1. The Morgan fingerprint density at radius 3 is 2.60 bits per heavy atom. The molecule has 0 aromatic heterocycles. The van der Waals surface area contributed by atoms with E-state index in [9.17, 15) is 0 Å². The summed E-state index contributed by atoms with van der Waals surface area (Å²) in [5, 5.41) is 3.52. The van der Waals surface area contributed by atoms with Gasteiger partial charge in [0.15, 0.2) is 0 Å². The third-order valence-electron chi connectivity index (χ3n) is 3.94. The molecule has 1 N–H and O–H groups in total. The fraction of sp³-hybridized carbons (Fsp3) is 0.538. The molecular weight excluding hydrogens is 184 g/mol. The molecule has 0 radical (unpaired) electrons. The van der Waals surface area contributed by atoms with Gasteiger partial charge >= 0.3 is 0 Å². The highest BCUT2D eigenvalue weighted by molar-refractivity contribution is 5.41. The Hall–Kier alpha value is -0.860. The van der Waals surface area contributed by atoms with Crippen LogP contribution in [-0.2, 0) is 0 Å². The van der Waals surface area contributed by atoms with Gasteiger partial charge in [0.2, 0.25) is 0 Å². The minimum absolute atomic E-state index is 0.612. The van der Waals surface area contributed by atoms with Crippen LogP contribution in [0, 0.1) is 5.92 Å². The molecule has 1 aromatic carbocycles. The molecule has 3 atom stereocenters. The highest BCUT2D eigenvalue weighted by atomic mass is 15.1. The zero-order valence-electron chi connectivity index (χ0n) is 9.40. The minimum Gasteiger partial charge on any atom is -0.316 e. The van der Waals surface area contributed by atoms with E-state index in [0.29, 0.717) is 6.04 Å². The molecule has 2 aliphatic rings. The van der Waals surface area contributed by atoms with E-state index in [2.05, 4.69) is 48.6 Å². The Balaban J connectivity index is 2.09. The molecule has 80 valence electrons. The van der Waals surface area contributed by atoms with E-state index in [4.69, 9.17) is 0 Å². The summed E-state index contributed by atoms with van der Waals surface area (Å²) in [7, 11) is 4.39. The van der Waals surface area contributed by atoms with Crippen LogP contribution in [0.5, 0.6) is 0 Å². The third kappa shape index (κ3) is 1.25. The normalized spacial score (nSPS) is 33.1. The van der Waals surface area contributed by atoms with E-state index in [1.54, 1.807) is 11.1 Å². The number of hydrogen-bond acceptors (Lipinski definition) is 2. The molecule has 1 aliphatic carbocycles. The van der Waals surface area contributed by atoms with E-state index in [1.165, 1.54) is 6.54 Å². The van der Waals surface area contributed by atoms with Crippen LogP contribution in [0.2, 0.25) is 0 Å². The highest BCUT2D eigenvalue weighted by Gasteiger charge is 2.43. The molecule has 2 heteroatoms. The van der Waals surface area contributed by atoms with Crippen molar-refractivity contribution in [1.82, 2.24) is 10.2 Å². The van der Waals surface area contributed by atoms with Crippen LogP contribution < -0.4 is 5.32 Å². The van der Waals surface area contributed by atoms with Crippen molar-refractivity contribution in [2.45, 2.75) is 12.0 Å². The van der Waals surface area contributed by atoms with E-state index in [1.807, 2.05) is 0 Å². The molecule has 0 saturated carbocycles. The molecular formula is C13H18N2. The van der Waals surface area contributed by atoms with Gasteiger partial charge in [-0.2, -0.15) is 0 Å². The fourth-order valence-corrected chi connectivity index (χ4v) is 3.38. The Morgan fingerprint density at radius 2 is 1.87 bits per heavy atom. The van der Waals surface area contributed by atoms with Crippen molar-refractivity contribution in [3.8, 4) is 0 Å². The van der Waals surface area contributed by atoms with Crippen molar-refractivity contribution in [2.75, 3.05) is 27.2 Å². The predicted molar refractivity (Wildman–Crippen MR) is 62.0 cm³/mol. The standard InChI is InChI=1S/C13H18N2/c1-15(2)13-10-6-4-3-5-9(10)11-7-14-8-12(11)13/h3-6,11-14H,7-8H2,1-2H3/t11-,12-,13-/m0/s1. The number of benzene rings is 1. The van der Waals surface area contributed by atoms with Crippen LogP contribution >= 0.6 is 0 Å². The number of rotatable bonds is 1. The van der Waals surface area contributed by atoms with Crippen LogP contribution in [0.3, 0.4) is 0 Å². The van der Waals surface area contributed by atoms with Gasteiger partial charge in [0, 0.05) is 25.0 Å². The lowest BCUT2D eigenvalue weighted by molar-refractivity contribution is 0.231. The first-order valence-electron chi connectivity index (χ1n) is 5.75. The van der Waals surface area contributed by atoms with Gasteiger partial charge in [0.1, 0.15) is 0 Å². The zero-order valence-corrected chi connectivity index (χ0v) is 9.40. The van der Waals surface area contributed by atoms with Crippen molar-refractivity contribution in [1.29, 1.82) is 0 Å². The van der Waals surface area contributed by atoms with Crippen LogP contribution in [0.4, 0.5) is 0 Å². The molecule has 1 aromatic rings. The van der Waals surface area contributed by atoms with Crippen LogP contribution in [0.25, 0.3) is 0 Å². The van der Waals surface area contributed by atoms with Crippen molar-refractivity contribution in [3.05, 3.63) is 35.4 Å². The second-order valence-electron chi connectivity index (χ2n) is 4.97. The average molecular weight is 202 g/mol. The quantitative estimate of drug-likeness (QED) is 0.744. The minimum atomic E-state index is 0.612. The first-order chi connectivity index (χ1) is 7.29. The van der Waals surface area contributed by atoms with Crippen LogP contribution in [0.1, 0.15) is 23.1 Å². The lowest BCUT2D eigenvalue weighted by Crippen LogP contribution is -2.26. The van der Waals surface area contributed by atoms with Gasteiger partial charge in [0.05, 0.1) is 0 Å². The van der Waals surface area contributed by atoms with Gasteiger partial charge in [-0.05, 0) is 31.1 Å². The van der Waals surface area contributed by atoms with E-state index < -0.39 is 0 Å². The zero-order chi connectivity index (χ0) is 10.4. The summed E-state index contributed by atoms with van der Waals surface area (Å²) >= 11 is 0. The van der Waals surface area contributed by atoms with E-state index in [-0.39, 0.29) is 0 Å². The molecule has 0 spiro atoms. The summed E-state index contributed by atoms with van der Waals surface area (Å²) in [4.78, 5) is 2.37. The average Bonchev–Trinajstić information content (AvgIpc) is 2.75. The maximum absolute atomic E-state index is 3.52. The SMILES string of the molecule is CN(C)[C@H]1c2ccccc2[C@@H]2CNC[C@@H]21. The van der Waals surface area contributed by atoms with Gasteiger partial charge in [-0.3, -0.25) is 0 Å². The Bertz CT molecular complexity index is 373. The molecule has 2 nitrogen and oxygen atoms in total. The molecule has 3 rings (SSSR count). The summed E-state index contributed by atoms with van der Waals surface area (Å²) in [5.74, 6) is 1.52. The van der Waals surface area contributed by atoms with Crippen molar-refractivity contribution >= 4 is 0 Å². The Kier molecular flexibility index (Phi) is 2.08. The highest BCUT2D eigenvalue weighted by Crippen LogP contribution is 2.48. The van der Waals surface area contributed by atoms with Gasteiger partial charge in [-0.25, -0.2) is 0 Å². The fourth-order valence-electron chi connectivity index (χ4n) is 3.38. The molecule has 0 bridgehead atoms. The van der Waals surface area contributed by atoms with Crippen molar-refractivity contribution < 1.29 is 0 Å². The predicted octanol–water partition coefficient (Wildman–Crippen LogP) is 1.61. The van der Waals surface area contributed by atoms with E-state index >= 15 is 0 Å².